The van der Waals surface area contributed by atoms with Crippen molar-refractivity contribution in [2.45, 2.75) is 18.4 Å². The molecule has 0 radical (unpaired) electrons. The van der Waals surface area contributed by atoms with E-state index in [0.717, 1.165) is 0 Å². The number of hydrogen-bond acceptors (Lipinski definition) is 5. The molecule has 0 aliphatic heterocycles. The fraction of sp³-hybridized carbons (Fsp3) is 0.333. The van der Waals surface area contributed by atoms with Crippen LogP contribution < -0.4 is 40.0 Å². The van der Waals surface area contributed by atoms with Gasteiger partial charge in [-0.3, -0.25) is 4.79 Å². The van der Waals surface area contributed by atoms with Crippen molar-refractivity contribution in [1.82, 2.24) is 20.3 Å². The summed E-state index contributed by atoms with van der Waals surface area (Å²) in [6, 6.07) is 8.75. The number of aliphatic carboxylic acids is 1. The molecule has 1 aliphatic carbocycles. The van der Waals surface area contributed by atoms with Gasteiger partial charge in [-0.2, -0.15) is 15.0 Å². The maximum Gasteiger partial charge on any atom is 1.00 e. The maximum atomic E-state index is 12.2. The summed E-state index contributed by atoms with van der Waals surface area (Å²) < 4.78 is 0. The third-order valence-electron chi connectivity index (χ3n) is 4.02. The van der Waals surface area contributed by atoms with Gasteiger partial charge >= 0.3 is 29.6 Å². The molecule has 1 N–H and O–H groups in total. The summed E-state index contributed by atoms with van der Waals surface area (Å²) in [5, 5.41) is 22.2. The van der Waals surface area contributed by atoms with Gasteiger partial charge in [0.05, 0.1) is 24.6 Å². The minimum atomic E-state index is -1.21. The van der Waals surface area contributed by atoms with Gasteiger partial charge in [0.25, 0.3) is 0 Å². The molecule has 1 amide bonds. The van der Waals surface area contributed by atoms with E-state index in [0.29, 0.717) is 11.3 Å². The molecule has 1 aromatic heterocycles. The Hall–Kier alpha value is -1.70. The first-order valence-corrected chi connectivity index (χ1v) is 6.94. The van der Waals surface area contributed by atoms with Crippen LogP contribution in [0.4, 0.5) is 0 Å². The number of hydrogen-bond donors (Lipinski definition) is 1. The van der Waals surface area contributed by atoms with Crippen molar-refractivity contribution in [3.8, 4) is 0 Å². The summed E-state index contributed by atoms with van der Waals surface area (Å²) in [4.78, 5) is 25.2. The summed E-state index contributed by atoms with van der Waals surface area (Å²) in [6.07, 6.45) is 1.81. The molecular weight excluding hydrogens is 307 g/mol. The second-order valence-electron chi connectivity index (χ2n) is 5.42. The number of benzene rings is 1. The first-order chi connectivity index (χ1) is 10.5. The molecule has 2 atom stereocenters. The summed E-state index contributed by atoms with van der Waals surface area (Å²) in [7, 11) is 1.68. The van der Waals surface area contributed by atoms with Crippen LogP contribution in [0.1, 0.15) is 17.7 Å². The number of carbonyl (C=O) groups is 2. The average molecular weight is 322 g/mol. The van der Waals surface area contributed by atoms with Crippen molar-refractivity contribution in [2.75, 3.05) is 0 Å². The van der Waals surface area contributed by atoms with E-state index in [9.17, 15) is 14.7 Å². The van der Waals surface area contributed by atoms with E-state index < -0.39 is 17.3 Å². The summed E-state index contributed by atoms with van der Waals surface area (Å²) in [5.74, 6) is -2.13. The van der Waals surface area contributed by atoms with Crippen molar-refractivity contribution in [3.63, 3.8) is 0 Å². The van der Waals surface area contributed by atoms with E-state index in [1.165, 1.54) is 4.80 Å². The molecule has 0 bridgehead atoms. The topological polar surface area (TPSA) is 99.9 Å². The van der Waals surface area contributed by atoms with E-state index in [2.05, 4.69) is 15.5 Å². The predicted octanol–water partition coefficient (Wildman–Crippen LogP) is -3.86. The van der Waals surface area contributed by atoms with Crippen LogP contribution in [-0.2, 0) is 28.6 Å². The second kappa shape index (κ2) is 6.82. The zero-order valence-corrected chi connectivity index (χ0v) is 15.0. The van der Waals surface area contributed by atoms with Crippen molar-refractivity contribution >= 4 is 11.9 Å². The molecule has 0 saturated heterocycles. The Morgan fingerprint density at radius 2 is 2.09 bits per heavy atom. The monoisotopic (exact) mass is 322 g/mol. The van der Waals surface area contributed by atoms with Crippen LogP contribution in [0.25, 0.3) is 0 Å². The number of carboxylic acid groups (broad SMARTS) is 1. The molecule has 114 valence electrons. The number of amides is 1. The van der Waals surface area contributed by atoms with Gasteiger partial charge in [0.15, 0.2) is 0 Å². The quantitative estimate of drug-likeness (QED) is 0.568. The van der Waals surface area contributed by atoms with Crippen LogP contribution in [0.2, 0.25) is 0 Å². The number of aromatic nitrogens is 3. The molecule has 1 heterocycles. The second-order valence-corrected chi connectivity index (χ2v) is 5.42. The molecular formula is C15H15N4NaO3. The molecule has 1 fully saturated rings. The number of nitrogens with zero attached hydrogens (tertiary/aromatic N) is 3. The SMILES string of the molecule is Cn1ncc(CNC(=O)[C@@H]2C[C@@]2(C(=O)[O-])c2ccccc2)n1.[Na+]. The van der Waals surface area contributed by atoms with Gasteiger partial charge < -0.3 is 15.2 Å². The van der Waals surface area contributed by atoms with Gasteiger partial charge in [0.1, 0.15) is 5.69 Å². The van der Waals surface area contributed by atoms with Crippen LogP contribution in [0, 0.1) is 5.92 Å². The van der Waals surface area contributed by atoms with Crippen molar-refractivity contribution < 1.29 is 44.3 Å². The Morgan fingerprint density at radius 3 is 2.65 bits per heavy atom. The molecule has 3 rings (SSSR count). The van der Waals surface area contributed by atoms with Gasteiger partial charge in [0, 0.05) is 12.5 Å². The average Bonchev–Trinajstić information content (AvgIpc) is 3.16. The fourth-order valence-electron chi connectivity index (χ4n) is 2.75. The van der Waals surface area contributed by atoms with Crippen molar-refractivity contribution in [2.24, 2.45) is 13.0 Å². The first kappa shape index (κ1) is 17.7. The number of rotatable bonds is 5. The van der Waals surface area contributed by atoms with E-state index in [1.54, 1.807) is 43.6 Å². The Labute approximate surface area is 155 Å². The molecule has 0 spiro atoms. The van der Waals surface area contributed by atoms with Crippen molar-refractivity contribution in [1.29, 1.82) is 0 Å². The Bertz CT molecular complexity index is 719. The summed E-state index contributed by atoms with van der Waals surface area (Å²) in [6.45, 7) is 0.223. The van der Waals surface area contributed by atoms with Crippen LogP contribution >= 0.6 is 0 Å². The van der Waals surface area contributed by atoms with Crippen LogP contribution in [0.15, 0.2) is 36.5 Å². The Kier molecular flexibility index (Phi) is 5.23. The minimum Gasteiger partial charge on any atom is -0.549 e. The van der Waals surface area contributed by atoms with Crippen LogP contribution in [0.5, 0.6) is 0 Å². The number of carbonyl (C=O) groups excluding carboxylic acids is 2. The van der Waals surface area contributed by atoms with E-state index >= 15 is 0 Å². The van der Waals surface area contributed by atoms with Gasteiger partial charge in [-0.05, 0) is 12.0 Å². The minimum absolute atomic E-state index is 0. The first-order valence-electron chi connectivity index (χ1n) is 6.94. The normalized spacial score (nSPS) is 22.0. The standard InChI is InChI=1S/C15H16N4O3.Na/c1-19-17-9-11(18-19)8-16-13(20)12-7-15(12,14(21)22)10-5-3-2-4-6-10;/h2-6,9,12H,7-8H2,1H3,(H,16,20)(H,21,22);/q;+1/p-1/t12-,15+;/m0./s1. The third-order valence-corrected chi connectivity index (χ3v) is 4.02. The molecule has 8 heteroatoms. The predicted molar refractivity (Wildman–Crippen MR) is 74.1 cm³/mol. The maximum absolute atomic E-state index is 12.2. The van der Waals surface area contributed by atoms with Gasteiger partial charge in [-0.1, -0.05) is 30.3 Å². The van der Waals surface area contributed by atoms with Crippen LogP contribution in [-0.4, -0.2) is 26.9 Å². The third kappa shape index (κ3) is 3.31. The molecule has 1 aliphatic rings. The fourth-order valence-corrected chi connectivity index (χ4v) is 2.75. The van der Waals surface area contributed by atoms with Gasteiger partial charge in [-0.25, -0.2) is 0 Å². The van der Waals surface area contributed by atoms with E-state index in [-0.39, 0.29) is 48.4 Å². The number of aryl methyl sites for hydroxylation is 1. The molecule has 2 aromatic rings. The smallest absolute Gasteiger partial charge is 0.549 e. The van der Waals surface area contributed by atoms with Gasteiger partial charge in [-0.15, -0.1) is 0 Å². The molecule has 1 saturated carbocycles. The molecule has 1 aromatic carbocycles. The molecule has 0 unspecified atom stereocenters. The van der Waals surface area contributed by atoms with Crippen molar-refractivity contribution in [3.05, 3.63) is 47.8 Å². The zero-order chi connectivity index (χ0) is 15.7. The van der Waals surface area contributed by atoms with Crippen LogP contribution in [0.3, 0.4) is 0 Å². The summed E-state index contributed by atoms with van der Waals surface area (Å²) >= 11 is 0. The Morgan fingerprint density at radius 1 is 1.39 bits per heavy atom. The summed E-state index contributed by atoms with van der Waals surface area (Å²) in [5.41, 5.74) is 0.0122. The number of carboxylic acids is 1. The van der Waals surface area contributed by atoms with E-state index in [1.807, 2.05) is 0 Å². The molecule has 7 nitrogen and oxygen atoms in total. The van der Waals surface area contributed by atoms with Gasteiger partial charge in [0.2, 0.25) is 5.91 Å². The largest absolute Gasteiger partial charge is 1.00 e. The molecule has 23 heavy (non-hydrogen) atoms. The Balaban J connectivity index is 0.00000192. The van der Waals surface area contributed by atoms with E-state index in [4.69, 9.17) is 0 Å². The number of nitrogens with one attached hydrogen (secondary N) is 1. The zero-order valence-electron chi connectivity index (χ0n) is 13.0.